The van der Waals surface area contributed by atoms with Gasteiger partial charge in [-0.25, -0.2) is 19.9 Å². The maximum atomic E-state index is 13.4. The van der Waals surface area contributed by atoms with E-state index in [9.17, 15) is 26.3 Å². The standard InChI is InChI=1S/C35H47F3N2O2.C34H45F3N2O2/c1-3-5-7-9-10-11-13-15-28-16-18-30(19-17-28)34-39-25-31(26-40-34)29-20-22-32(23-21-29)42-27-33(35(36,37)38)41-24-14-12-8-6-4-2;1-3-5-7-9-10-11-12-14-27-15-17-29(18-16-27)33-38-24-30(25-39-33)28-19-21-31(22-20-28)41-26-32(34(35,36)37)40-23-13-8-6-4-2/h16-23,25-26,33H,3-15,24,27H2,1-2H3;15-22,24-25,32H,3-14,23,26H2,1-2H3. The van der Waals surface area contributed by atoms with Crippen molar-refractivity contribution < 1.29 is 45.3 Å². The van der Waals surface area contributed by atoms with Gasteiger partial charge in [-0.05, 0) is 85.0 Å². The van der Waals surface area contributed by atoms with Crippen molar-refractivity contribution in [3.63, 3.8) is 0 Å². The molecule has 2 heterocycles. The van der Waals surface area contributed by atoms with Gasteiger partial charge in [0.2, 0.25) is 0 Å². The molecular weight excluding hydrogens is 1060 g/mol. The molecule has 0 aliphatic heterocycles. The monoisotopic (exact) mass is 1150 g/mol. The first-order valence-corrected chi connectivity index (χ1v) is 31.0. The van der Waals surface area contributed by atoms with Gasteiger partial charge < -0.3 is 18.9 Å². The maximum absolute atomic E-state index is 13.4. The van der Waals surface area contributed by atoms with Gasteiger partial charge in [-0.2, -0.15) is 26.3 Å². The number of nitrogens with zero attached hydrogens (tertiary/aromatic N) is 4. The van der Waals surface area contributed by atoms with Crippen LogP contribution < -0.4 is 9.47 Å². The van der Waals surface area contributed by atoms with E-state index in [-0.39, 0.29) is 13.2 Å². The first kappa shape index (κ1) is 67.9. The third-order valence-electron chi connectivity index (χ3n) is 14.7. The van der Waals surface area contributed by atoms with Crippen molar-refractivity contribution in [3.05, 3.63) is 133 Å². The Morgan fingerprint density at radius 3 is 0.916 bits per heavy atom. The molecular formula is C69H92F6N4O4. The molecule has 0 radical (unpaired) electrons. The highest BCUT2D eigenvalue weighted by atomic mass is 19.4. The van der Waals surface area contributed by atoms with E-state index in [1.165, 1.54) is 101 Å². The third kappa shape index (κ3) is 26.7. The summed E-state index contributed by atoms with van der Waals surface area (Å²) < 4.78 is 101. The Morgan fingerprint density at radius 2 is 0.602 bits per heavy atom. The highest BCUT2D eigenvalue weighted by molar-refractivity contribution is 5.66. The Hall–Kier alpha value is -5.86. The summed E-state index contributed by atoms with van der Waals surface area (Å²) in [7, 11) is 0. The third-order valence-corrected chi connectivity index (χ3v) is 14.7. The topological polar surface area (TPSA) is 88.5 Å². The van der Waals surface area contributed by atoms with E-state index in [1.807, 2.05) is 0 Å². The van der Waals surface area contributed by atoms with Crippen molar-refractivity contribution in [1.82, 2.24) is 19.9 Å². The largest absolute Gasteiger partial charge is 0.491 e. The second-order valence-corrected chi connectivity index (χ2v) is 21.7. The van der Waals surface area contributed by atoms with Gasteiger partial charge in [0, 0.05) is 60.3 Å². The van der Waals surface area contributed by atoms with Crippen molar-refractivity contribution in [1.29, 1.82) is 0 Å². The Labute approximate surface area is 492 Å². The second-order valence-electron chi connectivity index (χ2n) is 21.7. The molecule has 14 heteroatoms. The maximum Gasteiger partial charge on any atom is 0.417 e. The molecule has 2 aromatic heterocycles. The lowest BCUT2D eigenvalue weighted by atomic mass is 10.0. The molecule has 2 unspecified atom stereocenters. The molecule has 0 aliphatic carbocycles. The number of unbranched alkanes of at least 4 members (excludes halogenated alkanes) is 19. The first-order chi connectivity index (χ1) is 40.3. The molecule has 6 rings (SSSR count). The fourth-order valence-corrected chi connectivity index (χ4v) is 9.46. The Morgan fingerprint density at radius 1 is 0.325 bits per heavy atom. The summed E-state index contributed by atoms with van der Waals surface area (Å²) in [5.74, 6) is 2.02. The zero-order valence-corrected chi connectivity index (χ0v) is 49.9. The average molecular weight is 1160 g/mol. The van der Waals surface area contributed by atoms with Crippen molar-refractivity contribution >= 4 is 0 Å². The Balaban J connectivity index is 0.000000304. The van der Waals surface area contributed by atoms with Crippen LogP contribution in [0.4, 0.5) is 26.3 Å². The van der Waals surface area contributed by atoms with Gasteiger partial charge in [0.1, 0.15) is 24.7 Å². The van der Waals surface area contributed by atoms with E-state index >= 15 is 0 Å². The van der Waals surface area contributed by atoms with Gasteiger partial charge in [0.05, 0.1) is 0 Å². The molecule has 454 valence electrons. The number of benzene rings is 4. The van der Waals surface area contributed by atoms with Crippen LogP contribution in [0.2, 0.25) is 0 Å². The van der Waals surface area contributed by atoms with Gasteiger partial charge in [-0.15, -0.1) is 0 Å². The van der Waals surface area contributed by atoms with Crippen LogP contribution in [0.5, 0.6) is 11.5 Å². The molecule has 6 aromatic rings. The molecule has 0 bridgehead atoms. The highest BCUT2D eigenvalue weighted by Gasteiger charge is 2.42. The minimum absolute atomic E-state index is 0.0753. The van der Waals surface area contributed by atoms with E-state index in [0.717, 1.165) is 91.2 Å². The molecule has 83 heavy (non-hydrogen) atoms. The second kappa shape index (κ2) is 38.9. The number of aryl methyl sites for hydroxylation is 2. The highest BCUT2D eigenvalue weighted by Crippen LogP contribution is 2.30. The number of alkyl halides is 6. The summed E-state index contributed by atoms with van der Waals surface area (Å²) in [6.07, 6.45) is 22.8. The normalized spacial score (nSPS) is 12.4. The molecule has 0 aliphatic rings. The summed E-state index contributed by atoms with van der Waals surface area (Å²) in [5, 5.41) is 0. The van der Waals surface area contributed by atoms with E-state index in [4.69, 9.17) is 18.9 Å². The van der Waals surface area contributed by atoms with Gasteiger partial charge in [-0.1, -0.05) is 222 Å². The van der Waals surface area contributed by atoms with Gasteiger partial charge in [0.15, 0.2) is 23.9 Å². The van der Waals surface area contributed by atoms with Crippen molar-refractivity contribution in [2.45, 2.75) is 213 Å². The molecule has 0 N–H and O–H groups in total. The lowest BCUT2D eigenvalue weighted by Gasteiger charge is -2.21. The molecule has 0 saturated carbocycles. The van der Waals surface area contributed by atoms with E-state index in [1.54, 1.807) is 73.3 Å². The summed E-state index contributed by atoms with van der Waals surface area (Å²) >= 11 is 0. The first-order valence-electron chi connectivity index (χ1n) is 31.0. The van der Waals surface area contributed by atoms with Crippen LogP contribution in [0.3, 0.4) is 0 Å². The van der Waals surface area contributed by atoms with Crippen LogP contribution in [-0.2, 0) is 22.3 Å². The van der Waals surface area contributed by atoms with E-state index in [2.05, 4.69) is 96.2 Å². The number of ether oxygens (including phenoxy) is 4. The number of halogens is 6. The number of rotatable bonds is 39. The molecule has 2 atom stereocenters. The lowest BCUT2D eigenvalue weighted by Crippen LogP contribution is -2.37. The van der Waals surface area contributed by atoms with Gasteiger partial charge in [0.25, 0.3) is 0 Å². The summed E-state index contributed by atoms with van der Waals surface area (Å²) in [6.45, 7) is 7.64. The van der Waals surface area contributed by atoms with Gasteiger partial charge in [-0.3, -0.25) is 0 Å². The smallest absolute Gasteiger partial charge is 0.417 e. The zero-order chi connectivity index (χ0) is 59.4. The predicted molar refractivity (Wildman–Crippen MR) is 325 cm³/mol. The predicted octanol–water partition coefficient (Wildman–Crippen LogP) is 20.4. The summed E-state index contributed by atoms with van der Waals surface area (Å²) in [4.78, 5) is 18.2. The number of hydrogen-bond donors (Lipinski definition) is 0. The molecule has 8 nitrogen and oxygen atoms in total. The molecule has 0 saturated heterocycles. The quantitative estimate of drug-likeness (QED) is 0.0279. The van der Waals surface area contributed by atoms with Crippen LogP contribution in [0, 0.1) is 0 Å². The van der Waals surface area contributed by atoms with E-state index in [0.29, 0.717) is 36.0 Å². The Kier molecular flexibility index (Phi) is 31.8. The van der Waals surface area contributed by atoms with Crippen LogP contribution in [-0.4, -0.2) is 70.9 Å². The molecule has 0 amide bonds. The van der Waals surface area contributed by atoms with Crippen molar-refractivity contribution in [2.24, 2.45) is 0 Å². The van der Waals surface area contributed by atoms with Crippen LogP contribution in [0.1, 0.15) is 187 Å². The molecule has 4 aromatic carbocycles. The van der Waals surface area contributed by atoms with Crippen LogP contribution >= 0.6 is 0 Å². The van der Waals surface area contributed by atoms with E-state index < -0.39 is 37.8 Å². The Bertz CT molecular complexity index is 2580. The van der Waals surface area contributed by atoms with Gasteiger partial charge >= 0.3 is 12.4 Å². The van der Waals surface area contributed by atoms with Crippen LogP contribution in [0.15, 0.2) is 122 Å². The molecule has 0 fully saturated rings. The minimum Gasteiger partial charge on any atom is -0.491 e. The van der Waals surface area contributed by atoms with Crippen molar-refractivity contribution in [2.75, 3.05) is 26.4 Å². The minimum atomic E-state index is -4.48. The fourth-order valence-electron chi connectivity index (χ4n) is 9.46. The van der Waals surface area contributed by atoms with Crippen molar-refractivity contribution in [3.8, 4) is 56.5 Å². The zero-order valence-electron chi connectivity index (χ0n) is 49.9. The lowest BCUT2D eigenvalue weighted by molar-refractivity contribution is -0.228. The average Bonchev–Trinajstić information content (AvgIpc) is 3.52. The SMILES string of the molecule is CCCCCCCCCc1ccc(-c2ncc(-c3ccc(OCC(OCCCCCC)C(F)(F)F)cc3)cn2)cc1.CCCCCCCCCc1ccc(-c2ncc(-c3ccc(OCC(OCCCCCCC)C(F)(F)F)cc3)cn2)cc1. The summed E-state index contributed by atoms with van der Waals surface area (Å²) in [5.41, 5.74) is 7.96. The van der Waals surface area contributed by atoms with Crippen LogP contribution in [0.25, 0.3) is 45.0 Å². The summed E-state index contributed by atoms with van der Waals surface area (Å²) in [6, 6.07) is 30.7. The number of aromatic nitrogens is 4. The fraction of sp³-hybridized carbons (Fsp3) is 0.536. The molecule has 0 spiro atoms. The number of hydrogen-bond acceptors (Lipinski definition) is 8.